The highest BCUT2D eigenvalue weighted by atomic mass is 31.2. The molecule has 10 nitrogen and oxygen atoms in total. The number of hydrogen-bond acceptors (Lipinski definition) is 8. The Morgan fingerprint density at radius 1 is 0.951 bits per heavy atom. The third kappa shape index (κ3) is 16.4. The van der Waals surface area contributed by atoms with Crippen LogP contribution in [0.5, 0.6) is 0 Å². The largest absolute Gasteiger partial charge is 0.382 e. The van der Waals surface area contributed by atoms with Crippen molar-refractivity contribution in [2.24, 2.45) is 0 Å². The number of fused-ring (bicyclic) bond motifs is 1. The van der Waals surface area contributed by atoms with Crippen LogP contribution >= 0.6 is 7.60 Å². The molecular formula is C29H52N5O5PSi. The lowest BCUT2D eigenvalue weighted by atomic mass is 10.1. The number of nitrogens with zero attached hydrogens (tertiary/aromatic N) is 4. The molecule has 0 fully saturated rings. The fourth-order valence-electron chi connectivity index (χ4n) is 4.25. The van der Waals surface area contributed by atoms with Crippen molar-refractivity contribution in [3.8, 4) is 11.5 Å². The van der Waals surface area contributed by atoms with Gasteiger partial charge in [-0.1, -0.05) is 71.0 Å². The van der Waals surface area contributed by atoms with Gasteiger partial charge in [0.1, 0.15) is 26.3 Å². The second-order valence-corrected chi connectivity index (χ2v) is 18.2. The molecule has 0 aliphatic heterocycles. The molecule has 3 N–H and O–H groups in total. The van der Waals surface area contributed by atoms with Gasteiger partial charge in [-0.05, 0) is 26.2 Å². The molecule has 0 saturated carbocycles. The molecule has 0 aromatic carbocycles. The zero-order valence-electron chi connectivity index (χ0n) is 25.6. The van der Waals surface area contributed by atoms with Crippen molar-refractivity contribution in [3.63, 3.8) is 0 Å². The Morgan fingerprint density at radius 3 is 2.27 bits per heavy atom. The fourth-order valence-corrected chi connectivity index (χ4v) is 5.84. The number of rotatable bonds is 22. The van der Waals surface area contributed by atoms with Crippen LogP contribution in [0.2, 0.25) is 19.6 Å². The van der Waals surface area contributed by atoms with Crippen LogP contribution in [0.25, 0.3) is 11.2 Å². The van der Waals surface area contributed by atoms with E-state index in [1.54, 1.807) is 17.8 Å². The van der Waals surface area contributed by atoms with Crippen LogP contribution in [0.4, 0.5) is 5.82 Å². The first-order chi connectivity index (χ1) is 19.6. The topological polar surface area (TPSA) is 135 Å². The van der Waals surface area contributed by atoms with Crippen molar-refractivity contribution in [1.29, 1.82) is 0 Å². The second-order valence-electron chi connectivity index (χ2n) is 11.7. The third-order valence-electron chi connectivity index (χ3n) is 6.44. The van der Waals surface area contributed by atoms with E-state index < -0.39 is 15.7 Å². The summed E-state index contributed by atoms with van der Waals surface area (Å²) in [5.74, 6) is 3.67. The molecule has 2 aromatic rings. The lowest BCUT2D eigenvalue weighted by Crippen LogP contribution is -2.17. The van der Waals surface area contributed by atoms with Gasteiger partial charge in [-0.2, -0.15) is 0 Å². The van der Waals surface area contributed by atoms with E-state index in [0.717, 1.165) is 19.4 Å². The predicted molar refractivity (Wildman–Crippen MR) is 168 cm³/mol. The monoisotopic (exact) mass is 609 g/mol. The van der Waals surface area contributed by atoms with Gasteiger partial charge in [0.15, 0.2) is 11.5 Å². The van der Waals surface area contributed by atoms with Gasteiger partial charge in [-0.3, -0.25) is 4.57 Å². The third-order valence-corrected chi connectivity index (χ3v) is 8.42. The number of aromatic nitrogens is 4. The molecule has 1 unspecified atom stereocenters. The standard InChI is InChI=1S/C29H52N5O5PSi/c1-26(22-34-24-33-27-28(30)31-23-32-29(27)34)38-25-40(35,36)39-20-17-19-37-18-15-13-11-9-7-5-6-8-10-12-14-16-21-41(2,3)4/h23-24,26H,5-15,17-20,22,25H2,1-4H3,(H,35,36)(H2,30,31,32)/t26-/m1/s1. The van der Waals surface area contributed by atoms with Crippen LogP contribution in [-0.4, -0.2) is 64.8 Å². The van der Waals surface area contributed by atoms with E-state index in [1.807, 2.05) is 0 Å². The van der Waals surface area contributed by atoms with Crippen LogP contribution in [0.15, 0.2) is 12.7 Å². The van der Waals surface area contributed by atoms with E-state index in [-0.39, 0.29) is 19.1 Å². The number of unbranched alkanes of at least 4 members (excludes halogenated alkanes) is 10. The normalized spacial score (nSPS) is 14.1. The molecule has 0 aliphatic carbocycles. The lowest BCUT2D eigenvalue weighted by Gasteiger charge is -2.17. The molecule has 0 radical (unpaired) electrons. The average molecular weight is 610 g/mol. The Kier molecular flexibility index (Phi) is 16.7. The van der Waals surface area contributed by atoms with Crippen molar-refractivity contribution in [2.45, 2.75) is 116 Å². The van der Waals surface area contributed by atoms with Gasteiger partial charge >= 0.3 is 7.60 Å². The molecule has 2 rings (SSSR count). The molecule has 0 amide bonds. The molecule has 41 heavy (non-hydrogen) atoms. The number of nitrogens with two attached hydrogens (primary N) is 1. The average Bonchev–Trinajstić information content (AvgIpc) is 3.32. The number of imidazole rings is 1. The van der Waals surface area contributed by atoms with Crippen LogP contribution in [0, 0.1) is 11.5 Å². The first-order valence-electron chi connectivity index (χ1n) is 15.1. The van der Waals surface area contributed by atoms with Gasteiger partial charge in [0, 0.05) is 19.6 Å². The van der Waals surface area contributed by atoms with Gasteiger partial charge in [-0.25, -0.2) is 15.0 Å². The molecule has 0 saturated heterocycles. The fraction of sp³-hybridized carbons (Fsp3) is 0.759. The smallest absolute Gasteiger partial charge is 0.353 e. The number of hydrogen-bond donors (Lipinski definition) is 2. The van der Waals surface area contributed by atoms with Crippen molar-refractivity contribution in [1.82, 2.24) is 19.5 Å². The summed E-state index contributed by atoms with van der Waals surface area (Å²) in [7, 11) is -5.04. The highest BCUT2D eigenvalue weighted by molar-refractivity contribution is 7.52. The van der Waals surface area contributed by atoms with Crippen LogP contribution in [0.3, 0.4) is 0 Å². The lowest BCUT2D eigenvalue weighted by molar-refractivity contribution is 0.0688. The predicted octanol–water partition coefficient (Wildman–Crippen LogP) is 6.55. The summed E-state index contributed by atoms with van der Waals surface area (Å²) < 4.78 is 30.5. The van der Waals surface area contributed by atoms with Gasteiger partial charge in [0.05, 0.1) is 25.6 Å². The van der Waals surface area contributed by atoms with Crippen molar-refractivity contribution in [3.05, 3.63) is 12.7 Å². The summed E-state index contributed by atoms with van der Waals surface area (Å²) in [4.78, 5) is 22.4. The van der Waals surface area contributed by atoms with Crippen LogP contribution in [-0.2, 0) is 25.1 Å². The Labute approximate surface area is 247 Å². The summed E-state index contributed by atoms with van der Waals surface area (Å²) in [6.45, 7) is 10.5. The molecule has 12 heteroatoms. The van der Waals surface area contributed by atoms with E-state index in [2.05, 4.69) is 46.1 Å². The second kappa shape index (κ2) is 19.4. The summed E-state index contributed by atoms with van der Waals surface area (Å²) in [6, 6.07) is 0. The minimum atomic E-state index is -3.84. The SMILES string of the molecule is C[C@H](Cn1cnc2c(N)ncnc21)OCP(=O)(O)OCCCOCCCCCCCCCCCCC#C[Si](C)(C)C. The van der Waals surface area contributed by atoms with Crippen molar-refractivity contribution in [2.75, 3.05) is 31.9 Å². The molecule has 232 valence electrons. The first-order valence-corrected chi connectivity index (χ1v) is 20.4. The summed E-state index contributed by atoms with van der Waals surface area (Å²) >= 11 is 0. The quantitative estimate of drug-likeness (QED) is 0.0659. The van der Waals surface area contributed by atoms with E-state index in [4.69, 9.17) is 19.7 Å². The Balaban J connectivity index is 1.37. The molecule has 2 atom stereocenters. The van der Waals surface area contributed by atoms with Crippen LogP contribution in [0.1, 0.15) is 84.0 Å². The molecule has 0 aliphatic rings. The Bertz CT molecular complexity index is 1110. The highest BCUT2D eigenvalue weighted by Crippen LogP contribution is 2.42. The molecule has 2 heterocycles. The zero-order chi connectivity index (χ0) is 30.0. The maximum atomic E-state index is 12.3. The maximum absolute atomic E-state index is 12.3. The van der Waals surface area contributed by atoms with Gasteiger partial charge < -0.3 is 29.2 Å². The molecular weight excluding hydrogens is 557 g/mol. The van der Waals surface area contributed by atoms with E-state index in [9.17, 15) is 9.46 Å². The summed E-state index contributed by atoms with van der Waals surface area (Å²) in [6.07, 6.45) is 16.5. The number of nitrogen functional groups attached to an aromatic ring is 1. The highest BCUT2D eigenvalue weighted by Gasteiger charge is 2.21. The number of ether oxygens (including phenoxy) is 2. The van der Waals surface area contributed by atoms with E-state index >= 15 is 0 Å². The van der Waals surface area contributed by atoms with E-state index in [0.29, 0.717) is 36.6 Å². The summed E-state index contributed by atoms with van der Waals surface area (Å²) in [5, 5.41) is 0. The van der Waals surface area contributed by atoms with E-state index in [1.165, 1.54) is 64.1 Å². The molecule has 2 aromatic heterocycles. The minimum Gasteiger partial charge on any atom is -0.382 e. The van der Waals surface area contributed by atoms with Crippen LogP contribution < -0.4 is 5.73 Å². The van der Waals surface area contributed by atoms with Gasteiger partial charge in [-0.15, -0.1) is 11.5 Å². The van der Waals surface area contributed by atoms with Crippen molar-refractivity contribution < 1.29 is 23.5 Å². The van der Waals surface area contributed by atoms with Crippen molar-refractivity contribution >= 4 is 32.7 Å². The summed E-state index contributed by atoms with van der Waals surface area (Å²) in [5.41, 5.74) is 10.4. The minimum absolute atomic E-state index is 0.153. The Hall–Kier alpha value is -1.80. The number of anilines is 1. The molecule has 0 bridgehead atoms. The molecule has 0 spiro atoms. The van der Waals surface area contributed by atoms with Gasteiger partial charge in [0.25, 0.3) is 0 Å². The Morgan fingerprint density at radius 2 is 1.59 bits per heavy atom. The van der Waals surface area contributed by atoms with Gasteiger partial charge in [0.2, 0.25) is 0 Å². The zero-order valence-corrected chi connectivity index (χ0v) is 27.5. The maximum Gasteiger partial charge on any atom is 0.353 e. The first kappa shape index (κ1) is 35.4.